The fourth-order valence-electron chi connectivity index (χ4n) is 3.29. The van der Waals surface area contributed by atoms with Crippen LogP contribution in [0.15, 0.2) is 60.7 Å². The van der Waals surface area contributed by atoms with Crippen molar-refractivity contribution in [2.45, 2.75) is 43.5 Å². The van der Waals surface area contributed by atoms with Gasteiger partial charge in [-0.25, -0.2) is 0 Å². The van der Waals surface area contributed by atoms with E-state index in [0.29, 0.717) is 13.2 Å². The summed E-state index contributed by atoms with van der Waals surface area (Å²) in [5.41, 5.74) is 8.07. The maximum Gasteiger partial charge on any atom is 0.184 e. The summed E-state index contributed by atoms with van der Waals surface area (Å²) in [5, 5.41) is 10.6. The van der Waals surface area contributed by atoms with Crippen LogP contribution in [0.25, 0.3) is 0 Å². The standard InChI is InChI=1S/C20H23NO5/c21-16-17(22)18-15(12-24-19(26-18)14-9-5-2-6-10-14)25-20(16)23-11-13-7-3-1-4-8-13/h1-10,15-20,22H,11-12,21H2/t15-,16+,17-,18+,19-,20-/m1/s1. The molecule has 0 unspecified atom stereocenters. The Labute approximate surface area is 152 Å². The zero-order chi connectivity index (χ0) is 17.9. The highest BCUT2D eigenvalue weighted by Gasteiger charge is 2.48. The monoisotopic (exact) mass is 357 g/mol. The summed E-state index contributed by atoms with van der Waals surface area (Å²) in [5.74, 6) is 0. The molecule has 0 aromatic heterocycles. The Kier molecular flexibility index (Phi) is 5.31. The van der Waals surface area contributed by atoms with Gasteiger partial charge < -0.3 is 29.8 Å². The van der Waals surface area contributed by atoms with Crippen LogP contribution in [-0.2, 0) is 25.6 Å². The molecule has 4 rings (SSSR count). The predicted octanol–water partition coefficient (Wildman–Crippen LogP) is 1.73. The van der Waals surface area contributed by atoms with E-state index < -0.39 is 36.9 Å². The maximum absolute atomic E-state index is 10.6. The second-order valence-corrected chi connectivity index (χ2v) is 6.58. The van der Waals surface area contributed by atoms with E-state index in [9.17, 15) is 5.11 Å². The molecule has 2 saturated heterocycles. The Bertz CT molecular complexity index is 696. The first-order chi connectivity index (χ1) is 12.7. The van der Waals surface area contributed by atoms with Gasteiger partial charge in [-0.1, -0.05) is 60.7 Å². The molecule has 0 saturated carbocycles. The van der Waals surface area contributed by atoms with Crippen molar-refractivity contribution in [3.63, 3.8) is 0 Å². The van der Waals surface area contributed by atoms with Crippen LogP contribution in [-0.4, -0.2) is 42.4 Å². The van der Waals surface area contributed by atoms with Crippen molar-refractivity contribution in [2.24, 2.45) is 5.73 Å². The van der Waals surface area contributed by atoms with Crippen LogP contribution in [0.3, 0.4) is 0 Å². The highest BCUT2D eigenvalue weighted by Crippen LogP contribution is 2.33. The number of nitrogens with two attached hydrogens (primary N) is 1. The molecule has 138 valence electrons. The molecule has 3 N–H and O–H groups in total. The summed E-state index contributed by atoms with van der Waals surface area (Å²) in [6.45, 7) is 0.664. The maximum atomic E-state index is 10.6. The van der Waals surface area contributed by atoms with Crippen molar-refractivity contribution in [1.82, 2.24) is 0 Å². The van der Waals surface area contributed by atoms with Crippen LogP contribution < -0.4 is 5.73 Å². The molecule has 0 aliphatic carbocycles. The lowest BCUT2D eigenvalue weighted by Crippen LogP contribution is -2.64. The molecular formula is C20H23NO5. The van der Waals surface area contributed by atoms with E-state index in [0.717, 1.165) is 11.1 Å². The third kappa shape index (κ3) is 3.66. The molecule has 0 amide bonds. The Morgan fingerprint density at radius 3 is 2.42 bits per heavy atom. The Hall–Kier alpha value is -1.80. The van der Waals surface area contributed by atoms with Crippen LogP contribution in [0.4, 0.5) is 0 Å². The van der Waals surface area contributed by atoms with Crippen molar-refractivity contribution < 1.29 is 24.1 Å². The van der Waals surface area contributed by atoms with E-state index in [4.69, 9.17) is 24.7 Å². The Morgan fingerprint density at radius 2 is 1.69 bits per heavy atom. The second kappa shape index (κ2) is 7.84. The normalized spacial score (nSPS) is 34.2. The molecule has 6 heteroatoms. The van der Waals surface area contributed by atoms with Gasteiger partial charge in [-0.3, -0.25) is 0 Å². The second-order valence-electron chi connectivity index (χ2n) is 6.58. The minimum absolute atomic E-state index is 0.305. The molecule has 2 fully saturated rings. The van der Waals surface area contributed by atoms with Gasteiger partial charge in [-0.15, -0.1) is 0 Å². The van der Waals surface area contributed by atoms with Gasteiger partial charge in [0, 0.05) is 5.56 Å². The van der Waals surface area contributed by atoms with E-state index >= 15 is 0 Å². The number of hydrogen-bond donors (Lipinski definition) is 2. The summed E-state index contributed by atoms with van der Waals surface area (Å²) in [7, 11) is 0. The molecule has 2 aromatic rings. The summed E-state index contributed by atoms with van der Waals surface area (Å²) < 4.78 is 23.4. The SMILES string of the molecule is N[C@@H]1[C@H](OCc2ccccc2)O[C@@H]2CO[C@@H](c3ccccc3)O[C@@H]2[C@@H]1O. The number of rotatable bonds is 4. The smallest absolute Gasteiger partial charge is 0.184 e. The van der Waals surface area contributed by atoms with E-state index in [1.807, 2.05) is 60.7 Å². The zero-order valence-corrected chi connectivity index (χ0v) is 14.3. The van der Waals surface area contributed by atoms with Crippen molar-refractivity contribution in [3.05, 3.63) is 71.8 Å². The first-order valence-electron chi connectivity index (χ1n) is 8.79. The molecule has 2 aliphatic heterocycles. The highest BCUT2D eigenvalue weighted by molar-refractivity contribution is 5.17. The van der Waals surface area contributed by atoms with Crippen LogP contribution >= 0.6 is 0 Å². The van der Waals surface area contributed by atoms with Gasteiger partial charge in [0.25, 0.3) is 0 Å². The van der Waals surface area contributed by atoms with E-state index in [1.165, 1.54) is 0 Å². The number of benzene rings is 2. The predicted molar refractivity (Wildman–Crippen MR) is 93.9 cm³/mol. The third-order valence-electron chi connectivity index (χ3n) is 4.74. The number of aliphatic hydroxyl groups is 1. The lowest BCUT2D eigenvalue weighted by atomic mass is 9.96. The fraction of sp³-hybridized carbons (Fsp3) is 0.400. The van der Waals surface area contributed by atoms with E-state index in [-0.39, 0.29) is 0 Å². The van der Waals surface area contributed by atoms with Gasteiger partial charge in [0.05, 0.1) is 19.3 Å². The number of hydrogen-bond acceptors (Lipinski definition) is 6. The summed E-state index contributed by atoms with van der Waals surface area (Å²) in [4.78, 5) is 0. The fourth-order valence-corrected chi connectivity index (χ4v) is 3.29. The largest absolute Gasteiger partial charge is 0.388 e. The van der Waals surface area contributed by atoms with Crippen LogP contribution in [0.5, 0.6) is 0 Å². The Morgan fingerprint density at radius 1 is 1.00 bits per heavy atom. The molecule has 2 heterocycles. The first kappa shape index (κ1) is 17.6. The van der Waals surface area contributed by atoms with Gasteiger partial charge in [-0.05, 0) is 5.56 Å². The van der Waals surface area contributed by atoms with Crippen molar-refractivity contribution in [2.75, 3.05) is 6.61 Å². The highest BCUT2D eigenvalue weighted by atomic mass is 16.7. The third-order valence-corrected chi connectivity index (χ3v) is 4.74. The summed E-state index contributed by atoms with van der Waals surface area (Å²) >= 11 is 0. The number of ether oxygens (including phenoxy) is 4. The molecule has 6 atom stereocenters. The van der Waals surface area contributed by atoms with Crippen molar-refractivity contribution in [1.29, 1.82) is 0 Å². The van der Waals surface area contributed by atoms with Gasteiger partial charge in [0.1, 0.15) is 18.3 Å². The molecule has 2 aliphatic rings. The molecule has 26 heavy (non-hydrogen) atoms. The van der Waals surface area contributed by atoms with Gasteiger partial charge >= 0.3 is 0 Å². The number of aliphatic hydroxyl groups excluding tert-OH is 1. The van der Waals surface area contributed by atoms with Crippen LogP contribution in [0, 0.1) is 0 Å². The van der Waals surface area contributed by atoms with Crippen molar-refractivity contribution >= 4 is 0 Å². The molecule has 6 nitrogen and oxygen atoms in total. The lowest BCUT2D eigenvalue weighted by molar-refractivity contribution is -0.343. The van der Waals surface area contributed by atoms with Gasteiger partial charge in [0.15, 0.2) is 12.6 Å². The first-order valence-corrected chi connectivity index (χ1v) is 8.79. The lowest BCUT2D eigenvalue weighted by Gasteiger charge is -2.46. The van der Waals surface area contributed by atoms with Crippen LogP contribution in [0.1, 0.15) is 17.4 Å². The van der Waals surface area contributed by atoms with Crippen molar-refractivity contribution in [3.8, 4) is 0 Å². The average molecular weight is 357 g/mol. The summed E-state index contributed by atoms with van der Waals surface area (Å²) in [6.07, 6.45) is -3.13. The molecule has 0 spiro atoms. The van der Waals surface area contributed by atoms with Crippen LogP contribution in [0.2, 0.25) is 0 Å². The number of fused-ring (bicyclic) bond motifs is 1. The molecule has 2 aromatic carbocycles. The molecular weight excluding hydrogens is 334 g/mol. The average Bonchev–Trinajstić information content (AvgIpc) is 2.71. The van der Waals surface area contributed by atoms with Gasteiger partial charge in [-0.2, -0.15) is 0 Å². The van der Waals surface area contributed by atoms with E-state index in [2.05, 4.69) is 0 Å². The zero-order valence-electron chi connectivity index (χ0n) is 14.3. The molecule has 0 bridgehead atoms. The van der Waals surface area contributed by atoms with E-state index in [1.54, 1.807) is 0 Å². The van der Waals surface area contributed by atoms with Gasteiger partial charge in [0.2, 0.25) is 0 Å². The molecule has 0 radical (unpaired) electrons. The topological polar surface area (TPSA) is 83.2 Å². The quantitative estimate of drug-likeness (QED) is 0.867. The Balaban J connectivity index is 1.40. The minimum atomic E-state index is -0.898. The summed E-state index contributed by atoms with van der Waals surface area (Å²) in [6, 6.07) is 18.7. The minimum Gasteiger partial charge on any atom is -0.388 e.